The zero-order valence-corrected chi connectivity index (χ0v) is 15.3. The monoisotopic (exact) mass is 386 g/mol. The lowest BCUT2D eigenvalue weighted by atomic mass is 10.1. The molecule has 1 fully saturated rings. The van der Waals surface area contributed by atoms with Crippen LogP contribution in [0.3, 0.4) is 0 Å². The van der Waals surface area contributed by atoms with E-state index < -0.39 is 0 Å². The summed E-state index contributed by atoms with van der Waals surface area (Å²) in [5.41, 5.74) is 3.91. The fourth-order valence-electron chi connectivity index (χ4n) is 2.82. The van der Waals surface area contributed by atoms with Crippen LogP contribution in [0, 0.1) is 19.8 Å². The lowest BCUT2D eigenvalue weighted by Gasteiger charge is -2.18. The van der Waals surface area contributed by atoms with Crippen LogP contribution < -0.4 is 10.2 Å². The third-order valence-corrected chi connectivity index (χ3v) is 5.12. The maximum atomic E-state index is 12.5. The van der Waals surface area contributed by atoms with Crippen LogP contribution >= 0.6 is 15.9 Å². The van der Waals surface area contributed by atoms with Crippen molar-refractivity contribution in [3.63, 3.8) is 0 Å². The first-order chi connectivity index (χ1) is 11.5. The van der Waals surface area contributed by atoms with Gasteiger partial charge in [0.1, 0.15) is 0 Å². The summed E-state index contributed by atoms with van der Waals surface area (Å²) in [6.07, 6.45) is 0.239. The van der Waals surface area contributed by atoms with Crippen molar-refractivity contribution in [2.24, 2.45) is 5.92 Å². The Labute approximate surface area is 150 Å². The van der Waals surface area contributed by atoms with E-state index in [1.165, 1.54) is 5.56 Å². The molecule has 5 heteroatoms. The van der Waals surface area contributed by atoms with Crippen LogP contribution in [-0.2, 0) is 9.59 Å². The van der Waals surface area contributed by atoms with Crippen LogP contribution in [0.2, 0.25) is 0 Å². The van der Waals surface area contributed by atoms with E-state index in [1.54, 1.807) is 4.90 Å². The molecule has 0 aliphatic carbocycles. The Kier molecular flexibility index (Phi) is 4.71. The lowest BCUT2D eigenvalue weighted by molar-refractivity contribution is -0.122. The molecule has 1 saturated heterocycles. The highest BCUT2D eigenvalue weighted by Crippen LogP contribution is 2.28. The molecule has 0 saturated carbocycles. The van der Waals surface area contributed by atoms with E-state index in [0.29, 0.717) is 6.54 Å². The van der Waals surface area contributed by atoms with E-state index in [-0.39, 0.29) is 24.2 Å². The predicted octanol–water partition coefficient (Wildman–Crippen LogP) is 4.06. The Hall–Kier alpha value is -2.14. The number of para-hydroxylation sites is 1. The van der Waals surface area contributed by atoms with Crippen molar-refractivity contribution < 1.29 is 9.59 Å². The molecule has 1 aliphatic rings. The zero-order chi connectivity index (χ0) is 17.3. The van der Waals surface area contributed by atoms with Crippen LogP contribution in [0.15, 0.2) is 46.9 Å². The summed E-state index contributed by atoms with van der Waals surface area (Å²) in [4.78, 5) is 26.5. The number of hydrogen-bond acceptors (Lipinski definition) is 2. The molecule has 0 radical (unpaired) electrons. The van der Waals surface area contributed by atoms with Gasteiger partial charge < -0.3 is 10.2 Å². The molecule has 1 atom stereocenters. The van der Waals surface area contributed by atoms with Gasteiger partial charge in [0.05, 0.1) is 11.6 Å². The number of halogens is 1. The van der Waals surface area contributed by atoms with Crippen molar-refractivity contribution in [1.82, 2.24) is 0 Å². The van der Waals surface area contributed by atoms with Gasteiger partial charge >= 0.3 is 0 Å². The number of rotatable bonds is 3. The fraction of sp³-hybridized carbons (Fsp3) is 0.263. The molecule has 1 heterocycles. The Morgan fingerprint density at radius 3 is 2.62 bits per heavy atom. The second-order valence-corrected chi connectivity index (χ2v) is 7.00. The maximum absolute atomic E-state index is 12.5. The first-order valence-corrected chi connectivity index (χ1v) is 8.68. The average molecular weight is 387 g/mol. The summed E-state index contributed by atoms with van der Waals surface area (Å²) in [6.45, 7) is 4.48. The smallest absolute Gasteiger partial charge is 0.229 e. The second-order valence-electron chi connectivity index (χ2n) is 6.14. The SMILES string of the molecule is Cc1ccc(N2CC(C(=O)Nc3ccccc3Br)CC2=O)cc1C. The number of anilines is 2. The Bertz CT molecular complexity index is 804. The Balaban J connectivity index is 1.73. The number of benzene rings is 2. The summed E-state index contributed by atoms with van der Waals surface area (Å²) in [5.74, 6) is -0.474. The highest BCUT2D eigenvalue weighted by atomic mass is 79.9. The van der Waals surface area contributed by atoms with E-state index in [2.05, 4.69) is 21.2 Å². The van der Waals surface area contributed by atoms with Gasteiger partial charge in [-0.3, -0.25) is 9.59 Å². The molecule has 2 aromatic carbocycles. The highest BCUT2D eigenvalue weighted by molar-refractivity contribution is 9.10. The molecular weight excluding hydrogens is 368 g/mol. The van der Waals surface area contributed by atoms with Gasteiger partial charge in [-0.05, 0) is 65.2 Å². The van der Waals surface area contributed by atoms with E-state index in [9.17, 15) is 9.59 Å². The van der Waals surface area contributed by atoms with Gasteiger partial charge in [-0.25, -0.2) is 0 Å². The molecule has 124 valence electrons. The topological polar surface area (TPSA) is 49.4 Å². The Morgan fingerprint density at radius 2 is 1.92 bits per heavy atom. The Morgan fingerprint density at radius 1 is 1.17 bits per heavy atom. The van der Waals surface area contributed by atoms with Gasteiger partial charge in [-0.1, -0.05) is 18.2 Å². The number of amides is 2. The quantitative estimate of drug-likeness (QED) is 0.864. The standard InChI is InChI=1S/C19H19BrN2O2/c1-12-7-8-15(9-13(12)2)22-11-14(10-18(22)23)19(24)21-17-6-4-3-5-16(17)20/h3-9,14H,10-11H2,1-2H3,(H,21,24). The normalized spacial score (nSPS) is 17.2. The van der Waals surface area contributed by atoms with Gasteiger partial charge in [0.15, 0.2) is 0 Å². The van der Waals surface area contributed by atoms with Crippen LogP contribution in [0.1, 0.15) is 17.5 Å². The average Bonchev–Trinajstić information content (AvgIpc) is 2.94. The summed E-state index contributed by atoms with van der Waals surface area (Å²) < 4.78 is 0.827. The minimum atomic E-state index is -0.341. The fourth-order valence-corrected chi connectivity index (χ4v) is 3.21. The van der Waals surface area contributed by atoms with Gasteiger partial charge in [-0.15, -0.1) is 0 Å². The molecule has 2 aromatic rings. The molecule has 1 unspecified atom stereocenters. The van der Waals surface area contributed by atoms with Crippen molar-refractivity contribution in [3.8, 4) is 0 Å². The first-order valence-electron chi connectivity index (χ1n) is 7.88. The van der Waals surface area contributed by atoms with Crippen molar-refractivity contribution in [1.29, 1.82) is 0 Å². The predicted molar refractivity (Wildman–Crippen MR) is 99.1 cm³/mol. The van der Waals surface area contributed by atoms with Crippen LogP contribution in [0.25, 0.3) is 0 Å². The summed E-state index contributed by atoms with van der Waals surface area (Å²) >= 11 is 3.42. The van der Waals surface area contributed by atoms with Crippen molar-refractivity contribution >= 4 is 39.1 Å². The van der Waals surface area contributed by atoms with Crippen molar-refractivity contribution in [3.05, 3.63) is 58.1 Å². The molecular formula is C19H19BrN2O2. The molecule has 1 N–H and O–H groups in total. The largest absolute Gasteiger partial charge is 0.325 e. The number of nitrogens with zero attached hydrogens (tertiary/aromatic N) is 1. The third kappa shape index (κ3) is 3.36. The van der Waals surface area contributed by atoms with E-state index in [0.717, 1.165) is 21.4 Å². The van der Waals surface area contributed by atoms with Crippen LogP contribution in [-0.4, -0.2) is 18.4 Å². The molecule has 0 spiro atoms. The number of nitrogens with one attached hydrogen (secondary N) is 1. The summed E-state index contributed by atoms with van der Waals surface area (Å²) in [5, 5.41) is 2.90. The van der Waals surface area contributed by atoms with Gasteiger partial charge in [0, 0.05) is 23.1 Å². The molecule has 4 nitrogen and oxygen atoms in total. The third-order valence-electron chi connectivity index (χ3n) is 4.43. The first kappa shape index (κ1) is 16.7. The van der Waals surface area contributed by atoms with Crippen LogP contribution in [0.5, 0.6) is 0 Å². The van der Waals surface area contributed by atoms with Gasteiger partial charge in [0.2, 0.25) is 11.8 Å². The van der Waals surface area contributed by atoms with Gasteiger partial charge in [-0.2, -0.15) is 0 Å². The molecule has 3 rings (SSSR count). The molecule has 2 amide bonds. The van der Waals surface area contributed by atoms with Crippen molar-refractivity contribution in [2.75, 3.05) is 16.8 Å². The molecule has 0 aromatic heterocycles. The minimum absolute atomic E-state index is 0.00877. The van der Waals surface area contributed by atoms with E-state index in [4.69, 9.17) is 0 Å². The van der Waals surface area contributed by atoms with Crippen molar-refractivity contribution in [2.45, 2.75) is 20.3 Å². The maximum Gasteiger partial charge on any atom is 0.229 e. The zero-order valence-electron chi connectivity index (χ0n) is 13.7. The van der Waals surface area contributed by atoms with E-state index >= 15 is 0 Å². The molecule has 0 bridgehead atoms. The second kappa shape index (κ2) is 6.77. The summed E-state index contributed by atoms with van der Waals surface area (Å²) in [6, 6.07) is 13.4. The molecule has 1 aliphatic heterocycles. The van der Waals surface area contributed by atoms with Gasteiger partial charge in [0.25, 0.3) is 0 Å². The number of hydrogen-bond donors (Lipinski definition) is 1. The number of aryl methyl sites for hydroxylation is 2. The van der Waals surface area contributed by atoms with Crippen LogP contribution in [0.4, 0.5) is 11.4 Å². The lowest BCUT2D eigenvalue weighted by Crippen LogP contribution is -2.28. The summed E-state index contributed by atoms with van der Waals surface area (Å²) in [7, 11) is 0. The van der Waals surface area contributed by atoms with E-state index in [1.807, 2.05) is 56.3 Å². The number of carbonyl (C=O) groups is 2. The highest BCUT2D eigenvalue weighted by Gasteiger charge is 2.35. The molecule has 24 heavy (non-hydrogen) atoms. The number of carbonyl (C=O) groups excluding carboxylic acids is 2. The minimum Gasteiger partial charge on any atom is -0.325 e.